The number of fused-ring (bicyclic) bond motifs is 3. The third kappa shape index (κ3) is 4.74. The molecule has 0 spiro atoms. The molecule has 1 aromatic rings. The molecule has 4 fully saturated rings. The lowest BCUT2D eigenvalue weighted by Crippen LogP contribution is -2.70. The number of hydrogen-bond donors (Lipinski definition) is 3. The summed E-state index contributed by atoms with van der Waals surface area (Å²) in [5.41, 5.74) is -1.65. The highest BCUT2D eigenvalue weighted by molar-refractivity contribution is 6.30. The minimum absolute atomic E-state index is 0.00510. The number of ether oxygens (including phenoxy) is 1. The predicted molar refractivity (Wildman–Crippen MR) is 110 cm³/mol. The van der Waals surface area contributed by atoms with Gasteiger partial charge < -0.3 is 25.3 Å². The second kappa shape index (κ2) is 8.79. The number of nitrogens with one attached hydrogen (secondary N) is 2. The van der Waals surface area contributed by atoms with Crippen molar-refractivity contribution in [2.24, 2.45) is 0 Å². The summed E-state index contributed by atoms with van der Waals surface area (Å²) in [5, 5.41) is 16.7. The molecule has 0 radical (unpaired) electrons. The van der Waals surface area contributed by atoms with E-state index < -0.39 is 46.8 Å². The van der Waals surface area contributed by atoms with Crippen molar-refractivity contribution in [3.63, 3.8) is 0 Å². The monoisotopic (exact) mass is 483 g/mol. The summed E-state index contributed by atoms with van der Waals surface area (Å²) in [7, 11) is 0. The van der Waals surface area contributed by atoms with Gasteiger partial charge in [-0.3, -0.25) is 14.4 Å². The first-order chi connectivity index (χ1) is 15.6. The van der Waals surface area contributed by atoms with Gasteiger partial charge >= 0.3 is 6.09 Å². The molecule has 1 heterocycles. The number of hydroxylamine groups is 2. The Hall–Kier alpha value is -2.92. The van der Waals surface area contributed by atoms with E-state index in [0.29, 0.717) is 30.7 Å². The van der Waals surface area contributed by atoms with Crippen LogP contribution in [0.5, 0.6) is 5.75 Å². The average molecular weight is 484 g/mol. The Balaban J connectivity index is 1.30. The van der Waals surface area contributed by atoms with E-state index in [0.717, 1.165) is 6.07 Å². The molecule has 5 rings (SSSR count). The van der Waals surface area contributed by atoms with Crippen molar-refractivity contribution in [2.75, 3.05) is 6.61 Å². The summed E-state index contributed by atoms with van der Waals surface area (Å²) >= 11 is 5.62. The lowest BCUT2D eigenvalue weighted by Gasteiger charge is -2.56. The van der Waals surface area contributed by atoms with Crippen LogP contribution < -0.4 is 15.4 Å². The number of carbonyl (C=O) groups is 4. The van der Waals surface area contributed by atoms with Crippen LogP contribution in [0.1, 0.15) is 44.9 Å². The van der Waals surface area contributed by atoms with Crippen molar-refractivity contribution in [1.29, 1.82) is 0 Å². The van der Waals surface area contributed by atoms with Crippen molar-refractivity contribution < 1.29 is 38.2 Å². The normalized spacial score (nSPS) is 28.6. The van der Waals surface area contributed by atoms with Crippen molar-refractivity contribution >= 4 is 35.4 Å². The Morgan fingerprint density at radius 3 is 2.42 bits per heavy atom. The first kappa shape index (κ1) is 23.2. The fourth-order valence-electron chi connectivity index (χ4n) is 4.67. The number of aliphatic hydroxyl groups is 1. The van der Waals surface area contributed by atoms with Crippen LogP contribution in [0.4, 0.5) is 9.18 Å². The molecular formula is C21H23ClFN3O7. The second-order valence-corrected chi connectivity index (χ2v) is 9.06. The van der Waals surface area contributed by atoms with Gasteiger partial charge in [-0.15, -0.1) is 5.06 Å². The highest BCUT2D eigenvalue weighted by Crippen LogP contribution is 2.47. The molecule has 178 valence electrons. The Kier molecular flexibility index (Phi) is 6.19. The highest BCUT2D eigenvalue weighted by Gasteiger charge is 2.55. The van der Waals surface area contributed by atoms with Crippen LogP contribution in [-0.4, -0.2) is 57.8 Å². The van der Waals surface area contributed by atoms with Gasteiger partial charge in [-0.05, 0) is 44.2 Å². The maximum absolute atomic E-state index is 13.5. The number of carbonyl (C=O) groups excluding carboxylic acids is 4. The third-order valence-corrected chi connectivity index (χ3v) is 6.82. The molecule has 0 aromatic heterocycles. The van der Waals surface area contributed by atoms with Gasteiger partial charge in [0.15, 0.2) is 6.61 Å². The Morgan fingerprint density at radius 1 is 1.15 bits per heavy atom. The summed E-state index contributed by atoms with van der Waals surface area (Å²) < 4.78 is 18.8. The van der Waals surface area contributed by atoms with Gasteiger partial charge in [0.1, 0.15) is 11.6 Å². The van der Waals surface area contributed by atoms with E-state index >= 15 is 0 Å². The molecule has 4 aliphatic rings. The fourth-order valence-corrected chi connectivity index (χ4v) is 4.79. The van der Waals surface area contributed by atoms with Crippen LogP contribution in [0.2, 0.25) is 5.02 Å². The zero-order valence-corrected chi connectivity index (χ0v) is 18.3. The molecule has 1 aliphatic heterocycles. The van der Waals surface area contributed by atoms with E-state index in [4.69, 9.17) is 21.2 Å². The van der Waals surface area contributed by atoms with E-state index in [1.165, 1.54) is 12.1 Å². The summed E-state index contributed by atoms with van der Waals surface area (Å²) in [6, 6.07) is 3.84. The molecule has 3 aliphatic carbocycles. The van der Waals surface area contributed by atoms with Crippen LogP contribution in [0.15, 0.2) is 18.2 Å². The number of aliphatic hydroxyl groups excluding tert-OH is 1. The quantitative estimate of drug-likeness (QED) is 0.523. The summed E-state index contributed by atoms with van der Waals surface area (Å²) in [4.78, 5) is 52.9. The summed E-state index contributed by atoms with van der Waals surface area (Å²) in [6.07, 6.45) is -0.0683. The second-order valence-electron chi connectivity index (χ2n) is 8.65. The lowest BCUT2D eigenvalue weighted by atomic mass is 9.60. The Morgan fingerprint density at radius 2 is 1.82 bits per heavy atom. The van der Waals surface area contributed by atoms with Crippen molar-refractivity contribution in [3.8, 4) is 5.75 Å². The number of nitrogens with zero attached hydrogens (tertiary/aromatic N) is 1. The first-order valence-electron chi connectivity index (χ1n) is 10.5. The minimum atomic E-state index is -0.952. The molecular weight excluding hydrogens is 461 g/mol. The molecule has 3 saturated carbocycles. The maximum Gasteiger partial charge on any atom is 0.432 e. The topological polar surface area (TPSA) is 134 Å². The van der Waals surface area contributed by atoms with E-state index in [2.05, 4.69) is 10.6 Å². The molecule has 4 amide bonds. The van der Waals surface area contributed by atoms with Gasteiger partial charge in [0.25, 0.3) is 17.7 Å². The summed E-state index contributed by atoms with van der Waals surface area (Å²) in [6.45, 7) is -0.372. The average Bonchev–Trinajstić information content (AvgIpc) is 3.08. The van der Waals surface area contributed by atoms with Crippen LogP contribution in [0.25, 0.3) is 0 Å². The Bertz CT molecular complexity index is 980. The smallest absolute Gasteiger partial charge is 0.432 e. The number of halogens is 2. The van der Waals surface area contributed by atoms with Gasteiger partial charge in [-0.2, -0.15) is 0 Å². The van der Waals surface area contributed by atoms with E-state index in [1.54, 1.807) is 0 Å². The Labute approximate surface area is 193 Å². The molecule has 1 saturated heterocycles. The van der Waals surface area contributed by atoms with Crippen LogP contribution in [-0.2, 0) is 19.2 Å². The molecule has 0 unspecified atom stereocenters. The van der Waals surface area contributed by atoms with Gasteiger partial charge in [0.2, 0.25) is 0 Å². The molecule has 1 atom stereocenters. The standard InChI is InChI=1S/C21H23ClFN3O7/c22-13-2-1-12(9-14(13)23)32-11-16(28)24-21-7-5-20(6-8-21,10-15(21)27)25-19(31)33-26-17(29)3-4-18(26)30/h1-2,9,15,27H,3-8,10-11H2,(H,24,28)(H,25,31)/t15-,20?,21?/m0/s1. The first-order valence-corrected chi connectivity index (χ1v) is 10.9. The molecule has 12 heteroatoms. The van der Waals surface area contributed by atoms with Crippen LogP contribution in [0, 0.1) is 5.82 Å². The number of benzene rings is 1. The van der Waals surface area contributed by atoms with E-state index in [1.807, 2.05) is 0 Å². The van der Waals surface area contributed by atoms with Gasteiger partial charge in [-0.25, -0.2) is 9.18 Å². The molecule has 1 aromatic carbocycles. The number of amides is 4. The zero-order chi connectivity index (χ0) is 23.8. The summed E-state index contributed by atoms with van der Waals surface area (Å²) in [5.74, 6) is -2.15. The highest BCUT2D eigenvalue weighted by atomic mass is 35.5. The van der Waals surface area contributed by atoms with Crippen LogP contribution >= 0.6 is 11.6 Å². The van der Waals surface area contributed by atoms with Crippen molar-refractivity contribution in [2.45, 2.75) is 62.1 Å². The van der Waals surface area contributed by atoms with E-state index in [9.17, 15) is 28.7 Å². The lowest BCUT2D eigenvalue weighted by molar-refractivity contribution is -0.172. The van der Waals surface area contributed by atoms with Crippen molar-refractivity contribution in [1.82, 2.24) is 15.7 Å². The molecule has 10 nitrogen and oxygen atoms in total. The zero-order valence-electron chi connectivity index (χ0n) is 17.6. The third-order valence-electron chi connectivity index (χ3n) is 6.52. The number of hydrogen-bond acceptors (Lipinski definition) is 7. The molecule has 2 bridgehead atoms. The largest absolute Gasteiger partial charge is 0.484 e. The van der Waals surface area contributed by atoms with Crippen molar-refractivity contribution in [3.05, 3.63) is 29.0 Å². The predicted octanol–water partition coefficient (Wildman–Crippen LogP) is 1.58. The molecule has 33 heavy (non-hydrogen) atoms. The van der Waals surface area contributed by atoms with E-state index in [-0.39, 0.29) is 36.6 Å². The van der Waals surface area contributed by atoms with Crippen LogP contribution in [0.3, 0.4) is 0 Å². The number of imide groups is 1. The number of rotatable bonds is 6. The maximum atomic E-state index is 13.5. The fraction of sp³-hybridized carbons (Fsp3) is 0.524. The molecule has 3 N–H and O–H groups in total. The van der Waals surface area contributed by atoms with Gasteiger partial charge in [0.05, 0.1) is 16.7 Å². The SMILES string of the molecule is O=C(COc1ccc(Cl)c(F)c1)NC12CCC(NC(=O)ON3C(=O)CCC3=O)(CC1)C[C@@H]2O. The van der Waals surface area contributed by atoms with Gasteiger partial charge in [0, 0.05) is 24.4 Å². The van der Waals surface area contributed by atoms with Gasteiger partial charge in [-0.1, -0.05) is 11.6 Å². The minimum Gasteiger partial charge on any atom is -0.484 e.